The molecule has 0 aliphatic heterocycles. The van der Waals surface area contributed by atoms with Gasteiger partial charge in [-0.2, -0.15) is 0 Å². The fourth-order valence-electron chi connectivity index (χ4n) is 0.806. The van der Waals surface area contributed by atoms with Crippen molar-refractivity contribution in [1.82, 2.24) is 0 Å². The largest absolute Gasteiger partial charge is 0.394 e. The van der Waals surface area contributed by atoms with Crippen molar-refractivity contribution in [3.05, 3.63) is 0 Å². The zero-order valence-corrected chi connectivity index (χ0v) is 7.86. The van der Waals surface area contributed by atoms with Crippen molar-refractivity contribution in [2.24, 2.45) is 0 Å². The van der Waals surface area contributed by atoms with Crippen LogP contribution in [0.15, 0.2) is 0 Å². The zero-order chi connectivity index (χ0) is 9.56. The summed E-state index contributed by atoms with van der Waals surface area (Å²) >= 11 is 0. The second-order valence-electron chi connectivity index (χ2n) is 2.86. The van der Waals surface area contributed by atoms with Crippen molar-refractivity contribution < 1.29 is 19.7 Å². The second kappa shape index (κ2) is 6.37. The molecular weight excluding hydrogens is 160 g/mol. The minimum Gasteiger partial charge on any atom is -0.394 e. The van der Waals surface area contributed by atoms with Gasteiger partial charge in [-0.05, 0) is 13.8 Å². The molecule has 0 radical (unpaired) electrons. The van der Waals surface area contributed by atoms with Crippen molar-refractivity contribution in [2.45, 2.75) is 32.2 Å². The summed E-state index contributed by atoms with van der Waals surface area (Å²) in [6, 6.07) is 0. The maximum absolute atomic E-state index is 9.33. The van der Waals surface area contributed by atoms with E-state index in [4.69, 9.17) is 14.6 Å². The topological polar surface area (TPSA) is 58.9 Å². The van der Waals surface area contributed by atoms with E-state index in [1.165, 1.54) is 7.11 Å². The molecule has 0 aliphatic carbocycles. The molecule has 0 aliphatic rings. The highest BCUT2D eigenvalue weighted by molar-refractivity contribution is 4.64. The summed E-state index contributed by atoms with van der Waals surface area (Å²) in [4.78, 5) is 0. The van der Waals surface area contributed by atoms with E-state index in [2.05, 4.69) is 0 Å². The summed E-state index contributed by atoms with van der Waals surface area (Å²) in [6.07, 6.45) is -1.19. The smallest absolute Gasteiger partial charge is 0.103 e. The van der Waals surface area contributed by atoms with Crippen LogP contribution in [0.4, 0.5) is 0 Å². The Balaban J connectivity index is 3.62. The molecule has 0 saturated carbocycles. The van der Waals surface area contributed by atoms with Gasteiger partial charge in [-0.1, -0.05) is 0 Å². The molecular formula is C8H18O4. The number of aliphatic hydroxyl groups is 2. The van der Waals surface area contributed by atoms with Crippen LogP contribution in [0.1, 0.15) is 13.8 Å². The van der Waals surface area contributed by atoms with Crippen LogP contribution in [0.5, 0.6) is 0 Å². The fraction of sp³-hybridized carbons (Fsp3) is 1.00. The Morgan fingerprint density at radius 2 is 1.92 bits per heavy atom. The lowest BCUT2D eigenvalue weighted by Crippen LogP contribution is -2.33. The third kappa shape index (κ3) is 4.66. The normalized spacial score (nSPS) is 18.8. The first-order valence-corrected chi connectivity index (χ1v) is 4.05. The maximum atomic E-state index is 9.33. The molecule has 0 bridgehead atoms. The van der Waals surface area contributed by atoms with E-state index in [9.17, 15) is 5.11 Å². The highest BCUT2D eigenvalue weighted by Crippen LogP contribution is 2.02. The Morgan fingerprint density at radius 3 is 2.33 bits per heavy atom. The van der Waals surface area contributed by atoms with Gasteiger partial charge in [-0.25, -0.2) is 0 Å². The van der Waals surface area contributed by atoms with Gasteiger partial charge >= 0.3 is 0 Å². The van der Waals surface area contributed by atoms with Crippen LogP contribution >= 0.6 is 0 Å². The van der Waals surface area contributed by atoms with E-state index in [0.29, 0.717) is 0 Å². The molecule has 0 fully saturated rings. The van der Waals surface area contributed by atoms with Gasteiger partial charge in [0.15, 0.2) is 0 Å². The van der Waals surface area contributed by atoms with E-state index in [1.807, 2.05) is 0 Å². The van der Waals surface area contributed by atoms with E-state index >= 15 is 0 Å². The van der Waals surface area contributed by atoms with Gasteiger partial charge in [0.2, 0.25) is 0 Å². The summed E-state index contributed by atoms with van der Waals surface area (Å²) < 4.78 is 9.98. The van der Waals surface area contributed by atoms with Gasteiger partial charge in [0.25, 0.3) is 0 Å². The van der Waals surface area contributed by atoms with Crippen molar-refractivity contribution >= 4 is 0 Å². The molecule has 0 aromatic rings. The zero-order valence-electron chi connectivity index (χ0n) is 7.86. The van der Waals surface area contributed by atoms with Gasteiger partial charge < -0.3 is 19.7 Å². The lowest BCUT2D eigenvalue weighted by atomic mass is 10.2. The fourth-order valence-corrected chi connectivity index (χ4v) is 0.806. The average Bonchev–Trinajstić information content (AvgIpc) is 2.04. The van der Waals surface area contributed by atoms with Crippen molar-refractivity contribution in [2.75, 3.05) is 20.3 Å². The van der Waals surface area contributed by atoms with Crippen molar-refractivity contribution in [3.8, 4) is 0 Å². The van der Waals surface area contributed by atoms with Crippen LogP contribution in [0, 0.1) is 0 Å². The molecule has 0 rings (SSSR count). The van der Waals surface area contributed by atoms with Crippen LogP contribution in [-0.4, -0.2) is 48.8 Å². The summed E-state index contributed by atoms with van der Waals surface area (Å²) in [5.41, 5.74) is 0. The highest BCUT2D eigenvalue weighted by atomic mass is 16.5. The number of hydrogen-bond donors (Lipinski definition) is 2. The molecule has 0 spiro atoms. The summed E-state index contributed by atoms with van der Waals surface area (Å²) in [5.74, 6) is 0. The number of methoxy groups -OCH3 is 1. The summed E-state index contributed by atoms with van der Waals surface area (Å²) in [7, 11) is 1.52. The van der Waals surface area contributed by atoms with Crippen LogP contribution in [0.3, 0.4) is 0 Å². The first kappa shape index (κ1) is 11.8. The molecule has 4 heteroatoms. The van der Waals surface area contributed by atoms with Crippen LogP contribution in [0.25, 0.3) is 0 Å². The van der Waals surface area contributed by atoms with E-state index < -0.39 is 6.10 Å². The van der Waals surface area contributed by atoms with Crippen molar-refractivity contribution in [3.63, 3.8) is 0 Å². The molecule has 0 saturated heterocycles. The number of ether oxygens (including phenoxy) is 2. The molecule has 0 heterocycles. The first-order valence-electron chi connectivity index (χ1n) is 4.05. The van der Waals surface area contributed by atoms with Crippen molar-refractivity contribution in [1.29, 1.82) is 0 Å². The standard InChI is InChI=1S/C8H18O4/c1-6(4-9)12-7(2)8(10)5-11-3/h6-10H,4-5H2,1-3H3. The molecule has 3 unspecified atom stereocenters. The third-order valence-electron chi connectivity index (χ3n) is 1.58. The van der Waals surface area contributed by atoms with Gasteiger partial charge in [0.05, 0.1) is 25.4 Å². The van der Waals surface area contributed by atoms with Gasteiger partial charge in [-0.15, -0.1) is 0 Å². The minimum atomic E-state index is -0.635. The first-order chi connectivity index (χ1) is 5.61. The Labute approximate surface area is 73.1 Å². The molecule has 4 nitrogen and oxygen atoms in total. The quantitative estimate of drug-likeness (QED) is 0.590. The molecule has 3 atom stereocenters. The van der Waals surface area contributed by atoms with Crippen LogP contribution in [-0.2, 0) is 9.47 Å². The molecule has 74 valence electrons. The van der Waals surface area contributed by atoms with Gasteiger partial charge in [0, 0.05) is 7.11 Å². The average molecular weight is 178 g/mol. The highest BCUT2D eigenvalue weighted by Gasteiger charge is 2.16. The summed E-state index contributed by atoms with van der Waals surface area (Å²) in [6.45, 7) is 3.70. The molecule has 2 N–H and O–H groups in total. The number of aliphatic hydroxyl groups excluding tert-OH is 2. The lowest BCUT2D eigenvalue weighted by Gasteiger charge is -2.21. The minimum absolute atomic E-state index is 0.0377. The predicted molar refractivity (Wildman–Crippen MR) is 45.0 cm³/mol. The van der Waals surface area contributed by atoms with E-state index in [0.717, 1.165) is 0 Å². The Bertz CT molecular complexity index is 107. The predicted octanol–water partition coefficient (Wildman–Crippen LogP) is -0.220. The lowest BCUT2D eigenvalue weighted by molar-refractivity contribution is -0.0932. The van der Waals surface area contributed by atoms with Crippen LogP contribution in [0.2, 0.25) is 0 Å². The second-order valence-corrected chi connectivity index (χ2v) is 2.86. The molecule has 0 amide bonds. The number of hydrogen-bond acceptors (Lipinski definition) is 4. The Morgan fingerprint density at radius 1 is 1.33 bits per heavy atom. The molecule has 0 aromatic carbocycles. The Kier molecular flexibility index (Phi) is 6.28. The molecule has 0 aromatic heterocycles. The summed E-state index contributed by atoms with van der Waals surface area (Å²) in [5, 5.41) is 18.0. The number of rotatable bonds is 6. The maximum Gasteiger partial charge on any atom is 0.103 e. The van der Waals surface area contributed by atoms with E-state index in [-0.39, 0.29) is 25.4 Å². The van der Waals surface area contributed by atoms with Gasteiger partial charge in [-0.3, -0.25) is 0 Å². The van der Waals surface area contributed by atoms with E-state index in [1.54, 1.807) is 13.8 Å². The Hall–Kier alpha value is -0.160. The molecule has 12 heavy (non-hydrogen) atoms. The third-order valence-corrected chi connectivity index (χ3v) is 1.58. The van der Waals surface area contributed by atoms with Gasteiger partial charge in [0.1, 0.15) is 6.10 Å². The SMILES string of the molecule is COCC(O)C(C)OC(C)CO. The van der Waals surface area contributed by atoms with Crippen LogP contribution < -0.4 is 0 Å². The monoisotopic (exact) mass is 178 g/mol.